The van der Waals surface area contributed by atoms with Gasteiger partial charge in [0, 0.05) is 20.6 Å². The number of carbonyl (C=O) groups excluding carboxylic acids is 2. The first-order valence-corrected chi connectivity index (χ1v) is 9.19. The molecule has 0 spiro atoms. The summed E-state index contributed by atoms with van der Waals surface area (Å²) in [5, 5.41) is 7.37. The van der Waals surface area contributed by atoms with Gasteiger partial charge < -0.3 is 24.6 Å². The molecule has 1 aromatic carbocycles. The van der Waals surface area contributed by atoms with Crippen LogP contribution in [0.2, 0.25) is 0 Å². The van der Waals surface area contributed by atoms with Gasteiger partial charge in [-0.15, -0.1) is 0 Å². The maximum atomic E-state index is 12.4. The molecule has 0 saturated carbocycles. The summed E-state index contributed by atoms with van der Waals surface area (Å²) in [6.07, 6.45) is -0.694. The van der Waals surface area contributed by atoms with Gasteiger partial charge in [0.15, 0.2) is 11.5 Å². The van der Waals surface area contributed by atoms with Crippen LogP contribution in [0.5, 0.6) is 11.5 Å². The SMILES string of the molecule is CN(C)C(=O)N1CCn2nc(CNC(=O)[C@H]3COc4ccccc4O3)cc2C1. The maximum absolute atomic E-state index is 12.4. The van der Waals surface area contributed by atoms with Crippen LogP contribution in [0.1, 0.15) is 11.4 Å². The van der Waals surface area contributed by atoms with E-state index in [1.807, 2.05) is 28.9 Å². The van der Waals surface area contributed by atoms with E-state index in [2.05, 4.69) is 10.4 Å². The van der Waals surface area contributed by atoms with Gasteiger partial charge >= 0.3 is 6.03 Å². The molecule has 148 valence electrons. The highest BCUT2D eigenvalue weighted by molar-refractivity contribution is 5.81. The molecule has 0 bridgehead atoms. The minimum atomic E-state index is -0.694. The second kappa shape index (κ2) is 7.41. The summed E-state index contributed by atoms with van der Waals surface area (Å²) >= 11 is 0. The number of fused-ring (bicyclic) bond motifs is 2. The third kappa shape index (κ3) is 3.60. The predicted molar refractivity (Wildman–Crippen MR) is 99.9 cm³/mol. The van der Waals surface area contributed by atoms with Gasteiger partial charge in [0.2, 0.25) is 6.10 Å². The number of hydrogen-bond donors (Lipinski definition) is 1. The Morgan fingerprint density at radius 3 is 2.82 bits per heavy atom. The molecule has 0 aliphatic carbocycles. The van der Waals surface area contributed by atoms with E-state index in [1.54, 1.807) is 30.0 Å². The minimum absolute atomic E-state index is 0.0166. The van der Waals surface area contributed by atoms with Crippen molar-refractivity contribution in [3.63, 3.8) is 0 Å². The molecule has 3 amide bonds. The minimum Gasteiger partial charge on any atom is -0.485 e. The molecule has 2 aliphatic heterocycles. The van der Waals surface area contributed by atoms with Gasteiger partial charge in [-0.2, -0.15) is 5.10 Å². The van der Waals surface area contributed by atoms with Crippen molar-refractivity contribution < 1.29 is 19.1 Å². The van der Waals surface area contributed by atoms with Crippen molar-refractivity contribution in [2.75, 3.05) is 27.2 Å². The van der Waals surface area contributed by atoms with Gasteiger partial charge in [0.05, 0.1) is 31.0 Å². The van der Waals surface area contributed by atoms with Gasteiger partial charge in [-0.25, -0.2) is 4.79 Å². The van der Waals surface area contributed by atoms with E-state index in [4.69, 9.17) is 9.47 Å². The summed E-state index contributed by atoms with van der Waals surface area (Å²) in [5.41, 5.74) is 1.71. The van der Waals surface area contributed by atoms with Gasteiger partial charge in [0.1, 0.15) is 6.61 Å². The molecule has 2 aromatic rings. The Morgan fingerprint density at radius 2 is 2.04 bits per heavy atom. The van der Waals surface area contributed by atoms with Crippen LogP contribution in [-0.4, -0.2) is 64.9 Å². The second-order valence-electron chi connectivity index (χ2n) is 7.03. The van der Waals surface area contributed by atoms with E-state index in [9.17, 15) is 9.59 Å². The Hall–Kier alpha value is -3.23. The third-order valence-corrected chi connectivity index (χ3v) is 4.75. The molecule has 4 rings (SSSR count). The van der Waals surface area contributed by atoms with E-state index in [1.165, 1.54) is 0 Å². The molecule has 28 heavy (non-hydrogen) atoms. The molecule has 1 aromatic heterocycles. The van der Waals surface area contributed by atoms with Gasteiger partial charge in [0.25, 0.3) is 5.91 Å². The van der Waals surface area contributed by atoms with Crippen LogP contribution in [0.15, 0.2) is 30.3 Å². The van der Waals surface area contributed by atoms with E-state index in [-0.39, 0.29) is 18.5 Å². The Bertz CT molecular complexity index is 894. The van der Waals surface area contributed by atoms with Crippen molar-refractivity contribution in [3.05, 3.63) is 41.7 Å². The molecule has 1 N–H and O–H groups in total. The lowest BCUT2D eigenvalue weighted by Gasteiger charge is -2.29. The number of nitrogens with one attached hydrogen (secondary N) is 1. The molecule has 9 nitrogen and oxygen atoms in total. The van der Waals surface area contributed by atoms with Gasteiger partial charge in [-0.1, -0.05) is 12.1 Å². The number of aromatic nitrogens is 2. The highest BCUT2D eigenvalue weighted by Crippen LogP contribution is 2.30. The quantitative estimate of drug-likeness (QED) is 0.846. The molecule has 0 unspecified atom stereocenters. The van der Waals surface area contributed by atoms with Gasteiger partial charge in [-0.3, -0.25) is 9.48 Å². The monoisotopic (exact) mass is 385 g/mol. The average Bonchev–Trinajstić information content (AvgIpc) is 3.13. The van der Waals surface area contributed by atoms with E-state index < -0.39 is 6.10 Å². The van der Waals surface area contributed by atoms with Crippen LogP contribution in [0, 0.1) is 0 Å². The molecular formula is C19H23N5O4. The molecule has 2 aliphatic rings. The summed E-state index contributed by atoms with van der Waals surface area (Å²) in [7, 11) is 3.48. The molecule has 0 fully saturated rings. The number of benzene rings is 1. The average molecular weight is 385 g/mol. The summed E-state index contributed by atoms with van der Waals surface area (Å²) < 4.78 is 13.2. The zero-order valence-corrected chi connectivity index (χ0v) is 15.9. The fourth-order valence-electron chi connectivity index (χ4n) is 3.30. The number of urea groups is 1. The van der Waals surface area contributed by atoms with Gasteiger partial charge in [-0.05, 0) is 18.2 Å². The van der Waals surface area contributed by atoms with Crippen LogP contribution >= 0.6 is 0 Å². The topological polar surface area (TPSA) is 88.9 Å². The lowest BCUT2D eigenvalue weighted by Crippen LogP contribution is -2.43. The van der Waals surface area contributed by atoms with Crippen LogP contribution < -0.4 is 14.8 Å². The molecule has 9 heteroatoms. The lowest BCUT2D eigenvalue weighted by molar-refractivity contribution is -0.130. The van der Waals surface area contributed by atoms with Crippen LogP contribution in [0.4, 0.5) is 4.79 Å². The zero-order chi connectivity index (χ0) is 19.7. The predicted octanol–water partition coefficient (Wildman–Crippen LogP) is 0.837. The first kappa shape index (κ1) is 18.1. The Balaban J connectivity index is 1.34. The maximum Gasteiger partial charge on any atom is 0.319 e. The first-order chi connectivity index (χ1) is 13.5. The summed E-state index contributed by atoms with van der Waals surface area (Å²) in [4.78, 5) is 27.9. The van der Waals surface area contributed by atoms with Crippen LogP contribution in [-0.2, 0) is 24.4 Å². The Kier molecular flexibility index (Phi) is 4.81. The van der Waals surface area contributed by atoms with Crippen molar-refractivity contribution >= 4 is 11.9 Å². The number of nitrogens with zero attached hydrogens (tertiary/aromatic N) is 4. The Morgan fingerprint density at radius 1 is 1.25 bits per heavy atom. The second-order valence-corrected chi connectivity index (χ2v) is 7.03. The normalized spacial score (nSPS) is 17.6. The van der Waals surface area contributed by atoms with Crippen molar-refractivity contribution in [2.45, 2.75) is 25.7 Å². The first-order valence-electron chi connectivity index (χ1n) is 9.19. The fourth-order valence-corrected chi connectivity index (χ4v) is 3.30. The lowest BCUT2D eigenvalue weighted by atomic mass is 10.2. The molecule has 1 atom stereocenters. The van der Waals surface area contributed by atoms with Crippen molar-refractivity contribution in [2.24, 2.45) is 0 Å². The Labute approximate surface area is 162 Å². The van der Waals surface area contributed by atoms with Crippen LogP contribution in [0.3, 0.4) is 0 Å². The van der Waals surface area contributed by atoms with Crippen LogP contribution in [0.25, 0.3) is 0 Å². The third-order valence-electron chi connectivity index (χ3n) is 4.75. The largest absolute Gasteiger partial charge is 0.485 e. The van der Waals surface area contributed by atoms with Crippen molar-refractivity contribution in [1.29, 1.82) is 0 Å². The van der Waals surface area contributed by atoms with E-state index >= 15 is 0 Å². The van der Waals surface area contributed by atoms with Crippen molar-refractivity contribution in [3.8, 4) is 11.5 Å². The summed E-state index contributed by atoms with van der Waals surface area (Å²) in [5.74, 6) is 0.965. The number of rotatable bonds is 3. The number of carbonyl (C=O) groups is 2. The number of hydrogen-bond acceptors (Lipinski definition) is 5. The summed E-state index contributed by atoms with van der Waals surface area (Å²) in [6, 6.07) is 9.18. The molecule has 0 radical (unpaired) electrons. The smallest absolute Gasteiger partial charge is 0.319 e. The number of para-hydroxylation sites is 2. The fraction of sp³-hybridized carbons (Fsp3) is 0.421. The van der Waals surface area contributed by atoms with E-state index in [0.29, 0.717) is 37.7 Å². The standard InChI is InChI=1S/C19H23N5O4/c1-22(2)19(26)23-7-8-24-14(11-23)9-13(21-24)10-20-18(25)17-12-27-15-5-3-4-6-16(15)28-17/h3-6,9,17H,7-8,10-12H2,1-2H3,(H,20,25)/t17-/m1/s1. The van der Waals surface area contributed by atoms with Crippen molar-refractivity contribution in [1.82, 2.24) is 24.9 Å². The highest BCUT2D eigenvalue weighted by atomic mass is 16.6. The molecule has 0 saturated heterocycles. The molecular weight excluding hydrogens is 362 g/mol. The van der Waals surface area contributed by atoms with E-state index in [0.717, 1.165) is 11.4 Å². The number of amides is 3. The highest BCUT2D eigenvalue weighted by Gasteiger charge is 2.28. The number of ether oxygens (including phenoxy) is 2. The zero-order valence-electron chi connectivity index (χ0n) is 15.9. The molecule has 3 heterocycles. The summed E-state index contributed by atoms with van der Waals surface area (Å²) in [6.45, 7) is 2.23.